The minimum Gasteiger partial charge on any atom is -0.465 e. The zero-order chi connectivity index (χ0) is 16.7. The van der Waals surface area contributed by atoms with Gasteiger partial charge >= 0.3 is 6.09 Å². The Labute approximate surface area is 131 Å². The van der Waals surface area contributed by atoms with E-state index in [4.69, 9.17) is 5.11 Å². The molecule has 2 aromatic heterocycles. The van der Waals surface area contributed by atoms with Crippen molar-refractivity contribution in [1.29, 1.82) is 0 Å². The number of hydrogen-bond acceptors (Lipinski definition) is 6. The summed E-state index contributed by atoms with van der Waals surface area (Å²) >= 11 is 0. The normalized spacial score (nSPS) is 10.3. The molecule has 23 heavy (non-hydrogen) atoms. The molecule has 10 nitrogen and oxygen atoms in total. The molecule has 2 amide bonds. The van der Waals surface area contributed by atoms with Crippen LogP contribution in [0.4, 0.5) is 10.6 Å². The highest BCUT2D eigenvalue weighted by molar-refractivity contribution is 5.91. The quantitative estimate of drug-likeness (QED) is 0.634. The van der Waals surface area contributed by atoms with Gasteiger partial charge in [0.2, 0.25) is 0 Å². The lowest BCUT2D eigenvalue weighted by molar-refractivity contribution is 0.0958. The molecule has 0 spiro atoms. The van der Waals surface area contributed by atoms with E-state index >= 15 is 0 Å². The molecule has 0 bridgehead atoms. The molecule has 122 valence electrons. The van der Waals surface area contributed by atoms with Crippen LogP contribution in [0.25, 0.3) is 0 Å². The second-order valence-corrected chi connectivity index (χ2v) is 4.74. The fourth-order valence-corrected chi connectivity index (χ4v) is 1.89. The van der Waals surface area contributed by atoms with E-state index in [-0.39, 0.29) is 11.7 Å². The van der Waals surface area contributed by atoms with Crippen molar-refractivity contribution in [3.63, 3.8) is 0 Å². The number of hydrogen-bond donors (Lipinski definition) is 3. The van der Waals surface area contributed by atoms with Gasteiger partial charge in [-0.15, -0.1) is 10.2 Å². The van der Waals surface area contributed by atoms with E-state index in [2.05, 4.69) is 31.1 Å². The van der Waals surface area contributed by atoms with E-state index in [1.807, 2.05) is 0 Å². The molecule has 0 aliphatic rings. The first-order valence-corrected chi connectivity index (χ1v) is 7.03. The van der Waals surface area contributed by atoms with Crippen LogP contribution in [-0.4, -0.2) is 49.3 Å². The van der Waals surface area contributed by atoms with Crippen molar-refractivity contribution in [2.45, 2.75) is 25.8 Å². The van der Waals surface area contributed by atoms with Crippen molar-refractivity contribution in [2.24, 2.45) is 0 Å². The molecule has 3 N–H and O–H groups in total. The van der Waals surface area contributed by atoms with Gasteiger partial charge in [-0.05, 0) is 31.4 Å². The van der Waals surface area contributed by atoms with Crippen molar-refractivity contribution in [3.8, 4) is 0 Å². The molecular formula is C13H17N7O3. The summed E-state index contributed by atoms with van der Waals surface area (Å²) in [7, 11) is 1.54. The highest BCUT2D eigenvalue weighted by atomic mass is 16.4. The zero-order valence-electron chi connectivity index (χ0n) is 12.6. The molecule has 0 atom stereocenters. The number of aryl methyl sites for hydroxylation is 2. The minimum atomic E-state index is -1.17. The number of unbranched alkanes of at least 4 members (excludes halogenated alkanes) is 1. The van der Waals surface area contributed by atoms with Crippen molar-refractivity contribution >= 4 is 17.8 Å². The summed E-state index contributed by atoms with van der Waals surface area (Å²) in [6.45, 7) is 0.649. The Morgan fingerprint density at radius 1 is 1.22 bits per heavy atom. The van der Waals surface area contributed by atoms with Crippen LogP contribution in [0.2, 0.25) is 0 Å². The van der Waals surface area contributed by atoms with Crippen LogP contribution >= 0.6 is 0 Å². The summed E-state index contributed by atoms with van der Waals surface area (Å²) in [5.41, 5.74) is 1.07. The zero-order valence-corrected chi connectivity index (χ0v) is 12.6. The van der Waals surface area contributed by atoms with E-state index in [9.17, 15) is 9.59 Å². The maximum absolute atomic E-state index is 11.4. The molecule has 0 aliphatic carbocycles. The highest BCUT2D eigenvalue weighted by Gasteiger charge is 2.08. The molecule has 0 fully saturated rings. The topological polar surface area (TPSA) is 135 Å². The SMILES string of the molecule is CNC(=O)c1cn(CCCCc2ccc(NC(=O)O)nn2)nn1. The summed E-state index contributed by atoms with van der Waals surface area (Å²) in [5.74, 6) is -0.0628. The van der Waals surface area contributed by atoms with E-state index in [0.717, 1.165) is 25.0 Å². The van der Waals surface area contributed by atoms with Gasteiger partial charge in [0.1, 0.15) is 0 Å². The number of carboxylic acid groups (broad SMARTS) is 1. The third-order valence-electron chi connectivity index (χ3n) is 3.02. The lowest BCUT2D eigenvalue weighted by atomic mass is 10.2. The Balaban J connectivity index is 1.73. The number of amides is 2. The molecule has 0 saturated carbocycles. The average molecular weight is 319 g/mol. The molecule has 2 rings (SSSR count). The van der Waals surface area contributed by atoms with E-state index in [1.54, 1.807) is 30.1 Å². The fourth-order valence-electron chi connectivity index (χ4n) is 1.89. The predicted molar refractivity (Wildman–Crippen MR) is 80.0 cm³/mol. The third-order valence-corrected chi connectivity index (χ3v) is 3.02. The van der Waals surface area contributed by atoms with Gasteiger partial charge in [-0.2, -0.15) is 5.10 Å². The van der Waals surface area contributed by atoms with Crippen molar-refractivity contribution in [1.82, 2.24) is 30.5 Å². The van der Waals surface area contributed by atoms with Crippen molar-refractivity contribution in [3.05, 3.63) is 29.7 Å². The Hall–Kier alpha value is -3.04. The number of carbonyl (C=O) groups is 2. The van der Waals surface area contributed by atoms with Crippen LogP contribution in [0.5, 0.6) is 0 Å². The second-order valence-electron chi connectivity index (χ2n) is 4.74. The van der Waals surface area contributed by atoms with Gasteiger partial charge in [0.25, 0.3) is 5.91 Å². The van der Waals surface area contributed by atoms with Crippen LogP contribution < -0.4 is 10.6 Å². The highest BCUT2D eigenvalue weighted by Crippen LogP contribution is 2.06. The Kier molecular flexibility index (Phi) is 5.56. The molecule has 2 aromatic rings. The lowest BCUT2D eigenvalue weighted by Gasteiger charge is -2.02. The number of nitrogens with zero attached hydrogens (tertiary/aromatic N) is 5. The molecular weight excluding hydrogens is 302 g/mol. The summed E-state index contributed by atoms with van der Waals surface area (Å²) in [6.07, 6.45) is 2.85. The molecule has 0 unspecified atom stereocenters. The van der Waals surface area contributed by atoms with Gasteiger partial charge in [-0.3, -0.25) is 14.8 Å². The number of rotatable bonds is 7. The van der Waals surface area contributed by atoms with Crippen LogP contribution in [-0.2, 0) is 13.0 Å². The van der Waals surface area contributed by atoms with Gasteiger partial charge in [0.15, 0.2) is 11.5 Å². The average Bonchev–Trinajstić information content (AvgIpc) is 3.01. The first kappa shape index (κ1) is 16.3. The third kappa shape index (κ3) is 5.02. The maximum atomic E-state index is 11.4. The summed E-state index contributed by atoms with van der Waals surface area (Å²) < 4.78 is 1.62. The predicted octanol–water partition coefficient (Wildman–Crippen LogP) is 0.540. The molecule has 2 heterocycles. The first-order chi connectivity index (χ1) is 11.1. The smallest absolute Gasteiger partial charge is 0.410 e. The number of anilines is 1. The molecule has 10 heteroatoms. The van der Waals surface area contributed by atoms with E-state index in [1.165, 1.54) is 0 Å². The number of carbonyl (C=O) groups excluding carboxylic acids is 1. The standard InChI is InChI=1S/C13H17N7O3/c1-14-12(21)10-8-20(19-17-10)7-3-2-4-9-5-6-11(18-16-9)15-13(22)23/h5-6,8H,2-4,7H2,1H3,(H,14,21)(H,15,18)(H,22,23). The van der Waals surface area contributed by atoms with Gasteiger partial charge in [0, 0.05) is 13.6 Å². The minimum absolute atomic E-state index is 0.200. The number of nitrogens with one attached hydrogen (secondary N) is 2. The second kappa shape index (κ2) is 7.82. The molecule has 0 aliphatic heterocycles. The largest absolute Gasteiger partial charge is 0.465 e. The van der Waals surface area contributed by atoms with Crippen LogP contribution in [0, 0.1) is 0 Å². The van der Waals surface area contributed by atoms with Crippen LogP contribution in [0.1, 0.15) is 29.0 Å². The first-order valence-electron chi connectivity index (χ1n) is 7.03. The van der Waals surface area contributed by atoms with Gasteiger partial charge in [0.05, 0.1) is 11.9 Å². The Morgan fingerprint density at radius 3 is 2.70 bits per heavy atom. The van der Waals surface area contributed by atoms with E-state index < -0.39 is 6.09 Å². The fraction of sp³-hybridized carbons (Fsp3) is 0.385. The van der Waals surface area contributed by atoms with Crippen LogP contribution in [0.15, 0.2) is 18.3 Å². The summed E-state index contributed by atoms with van der Waals surface area (Å²) in [4.78, 5) is 21.8. The summed E-state index contributed by atoms with van der Waals surface area (Å²) in [6, 6.07) is 3.31. The van der Waals surface area contributed by atoms with Gasteiger partial charge in [-0.25, -0.2) is 4.79 Å². The summed E-state index contributed by atoms with van der Waals surface area (Å²) in [5, 5.41) is 28.6. The van der Waals surface area contributed by atoms with Crippen LogP contribution in [0.3, 0.4) is 0 Å². The number of aromatic nitrogens is 5. The maximum Gasteiger partial charge on any atom is 0.410 e. The molecule has 0 radical (unpaired) electrons. The monoisotopic (exact) mass is 319 g/mol. The lowest BCUT2D eigenvalue weighted by Crippen LogP contribution is -2.18. The van der Waals surface area contributed by atoms with Gasteiger partial charge < -0.3 is 10.4 Å². The van der Waals surface area contributed by atoms with E-state index in [0.29, 0.717) is 12.2 Å². The van der Waals surface area contributed by atoms with Crippen molar-refractivity contribution < 1.29 is 14.7 Å². The molecule has 0 saturated heterocycles. The van der Waals surface area contributed by atoms with Crippen molar-refractivity contribution in [2.75, 3.05) is 12.4 Å². The Morgan fingerprint density at radius 2 is 2.04 bits per heavy atom. The van der Waals surface area contributed by atoms with Gasteiger partial charge in [-0.1, -0.05) is 5.21 Å². The Bertz CT molecular complexity index is 668. The molecule has 0 aromatic carbocycles.